The van der Waals surface area contributed by atoms with E-state index in [1.165, 1.54) is 0 Å². The van der Waals surface area contributed by atoms with Crippen molar-refractivity contribution in [3.8, 4) is 0 Å². The van der Waals surface area contributed by atoms with Crippen molar-refractivity contribution in [3.63, 3.8) is 0 Å². The molecule has 132 valence electrons. The molecule has 1 fully saturated rings. The van der Waals surface area contributed by atoms with Crippen LogP contribution in [0.5, 0.6) is 0 Å². The van der Waals surface area contributed by atoms with Gasteiger partial charge in [-0.05, 0) is 41.5 Å². The molecule has 1 aromatic heterocycles. The summed E-state index contributed by atoms with van der Waals surface area (Å²) in [6, 6.07) is -0.216. The third kappa shape index (κ3) is 3.75. The first kappa shape index (κ1) is 18.4. The van der Waals surface area contributed by atoms with E-state index >= 15 is 0 Å². The number of carbonyl (C=O) groups excluding carboxylic acids is 1. The zero-order chi connectivity index (χ0) is 18.1. The summed E-state index contributed by atoms with van der Waals surface area (Å²) >= 11 is 0. The fourth-order valence-electron chi connectivity index (χ4n) is 3.21. The van der Waals surface area contributed by atoms with Crippen molar-refractivity contribution in [1.29, 1.82) is 0 Å². The predicted molar refractivity (Wildman–Crippen MR) is 91.2 cm³/mol. The smallest absolute Gasteiger partial charge is 0.414 e. The number of nitrogens with zero attached hydrogens (tertiary/aromatic N) is 3. The molecule has 6 heteroatoms. The van der Waals surface area contributed by atoms with Crippen LogP contribution in [0.3, 0.4) is 0 Å². The SMILES string of the molecule is C/C=C1/CC(O)(c2nccnc2C)CC(C)N1C(=O)OC(C)(C)C. The van der Waals surface area contributed by atoms with Gasteiger partial charge in [0, 0.05) is 37.0 Å². The number of rotatable bonds is 1. The summed E-state index contributed by atoms with van der Waals surface area (Å²) in [5.74, 6) is 0. The van der Waals surface area contributed by atoms with Gasteiger partial charge in [0.2, 0.25) is 0 Å². The number of hydrogen-bond donors (Lipinski definition) is 1. The fourth-order valence-corrected chi connectivity index (χ4v) is 3.21. The van der Waals surface area contributed by atoms with E-state index in [2.05, 4.69) is 9.97 Å². The zero-order valence-corrected chi connectivity index (χ0v) is 15.3. The Kier molecular flexibility index (Phi) is 4.99. The Morgan fingerprint density at radius 2 is 2.04 bits per heavy atom. The number of hydrogen-bond acceptors (Lipinski definition) is 5. The summed E-state index contributed by atoms with van der Waals surface area (Å²) in [4.78, 5) is 22.8. The molecule has 2 unspecified atom stereocenters. The molecule has 1 aromatic rings. The van der Waals surface area contributed by atoms with Crippen LogP contribution in [-0.4, -0.2) is 37.7 Å². The first-order valence-corrected chi connectivity index (χ1v) is 8.25. The first-order chi connectivity index (χ1) is 11.1. The number of allylic oxidation sites excluding steroid dienone is 1. The second-order valence-electron chi connectivity index (χ2n) is 7.38. The molecule has 0 radical (unpaired) electrons. The van der Waals surface area contributed by atoms with Gasteiger partial charge in [-0.2, -0.15) is 0 Å². The van der Waals surface area contributed by atoms with Crippen LogP contribution in [0.2, 0.25) is 0 Å². The second-order valence-corrected chi connectivity index (χ2v) is 7.38. The van der Waals surface area contributed by atoms with Gasteiger partial charge in [-0.3, -0.25) is 14.9 Å². The summed E-state index contributed by atoms with van der Waals surface area (Å²) < 4.78 is 5.51. The van der Waals surface area contributed by atoms with Crippen LogP contribution in [0.1, 0.15) is 58.8 Å². The van der Waals surface area contributed by atoms with Gasteiger partial charge in [-0.1, -0.05) is 6.08 Å². The third-order valence-electron chi connectivity index (χ3n) is 4.10. The van der Waals surface area contributed by atoms with Gasteiger partial charge in [-0.15, -0.1) is 0 Å². The van der Waals surface area contributed by atoms with Crippen molar-refractivity contribution in [1.82, 2.24) is 14.9 Å². The topological polar surface area (TPSA) is 75.6 Å². The molecule has 1 amide bonds. The molecule has 1 saturated heterocycles. The summed E-state index contributed by atoms with van der Waals surface area (Å²) in [6.45, 7) is 11.1. The average Bonchev–Trinajstić information content (AvgIpc) is 2.44. The molecule has 2 heterocycles. The Balaban J connectivity index is 2.32. The van der Waals surface area contributed by atoms with Gasteiger partial charge in [0.1, 0.15) is 11.2 Å². The largest absolute Gasteiger partial charge is 0.443 e. The molecule has 0 bridgehead atoms. The second kappa shape index (κ2) is 6.51. The van der Waals surface area contributed by atoms with Gasteiger partial charge in [0.15, 0.2) is 0 Å². The van der Waals surface area contributed by atoms with E-state index < -0.39 is 11.2 Å². The molecular formula is C18H27N3O3. The molecule has 0 aromatic carbocycles. The molecule has 0 aliphatic carbocycles. The number of carbonyl (C=O) groups is 1. The van der Waals surface area contributed by atoms with Crippen LogP contribution in [0, 0.1) is 6.92 Å². The maximum Gasteiger partial charge on any atom is 0.414 e. The Labute approximate surface area is 143 Å². The summed E-state index contributed by atoms with van der Waals surface area (Å²) in [5, 5.41) is 11.2. The summed E-state index contributed by atoms with van der Waals surface area (Å²) in [5.41, 5.74) is 0.298. The Hall–Kier alpha value is -1.95. The van der Waals surface area contributed by atoms with Crippen molar-refractivity contribution in [2.24, 2.45) is 0 Å². The number of ether oxygens (including phenoxy) is 1. The number of piperidine rings is 1. The average molecular weight is 333 g/mol. The molecule has 0 saturated carbocycles. The Morgan fingerprint density at radius 3 is 2.58 bits per heavy atom. The number of likely N-dealkylation sites (tertiary alicyclic amines) is 1. The lowest BCUT2D eigenvalue weighted by atomic mass is 9.81. The predicted octanol–water partition coefficient (Wildman–Crippen LogP) is 3.30. The molecular weight excluding hydrogens is 306 g/mol. The maximum atomic E-state index is 12.6. The molecule has 6 nitrogen and oxygen atoms in total. The van der Waals surface area contributed by atoms with E-state index in [4.69, 9.17) is 4.74 Å². The van der Waals surface area contributed by atoms with Crippen LogP contribution in [0.25, 0.3) is 0 Å². The molecule has 24 heavy (non-hydrogen) atoms. The first-order valence-electron chi connectivity index (χ1n) is 8.25. The lowest BCUT2D eigenvalue weighted by molar-refractivity contribution is -0.0392. The highest BCUT2D eigenvalue weighted by Gasteiger charge is 2.45. The monoisotopic (exact) mass is 333 g/mol. The van der Waals surface area contributed by atoms with Crippen molar-refractivity contribution in [2.45, 2.75) is 71.6 Å². The third-order valence-corrected chi connectivity index (χ3v) is 4.10. The minimum absolute atomic E-state index is 0.216. The Morgan fingerprint density at radius 1 is 1.42 bits per heavy atom. The highest BCUT2D eigenvalue weighted by Crippen LogP contribution is 2.41. The molecule has 1 aliphatic heterocycles. The standard InChI is InChI=1S/C18H27N3O3/c1-7-14-11-18(23,15-13(3)19-8-9-20-15)10-12(2)21(14)16(22)24-17(4,5)6/h7-9,12,23H,10-11H2,1-6H3/b14-7-. The lowest BCUT2D eigenvalue weighted by Gasteiger charge is -2.44. The quantitative estimate of drug-likeness (QED) is 0.853. The van der Waals surface area contributed by atoms with Crippen LogP contribution in [-0.2, 0) is 10.3 Å². The van der Waals surface area contributed by atoms with Gasteiger partial charge >= 0.3 is 6.09 Å². The number of aromatic nitrogens is 2. The molecule has 2 atom stereocenters. The lowest BCUT2D eigenvalue weighted by Crippen LogP contribution is -2.50. The van der Waals surface area contributed by atoms with Gasteiger partial charge in [-0.25, -0.2) is 4.79 Å². The fraction of sp³-hybridized carbons (Fsp3) is 0.611. The van der Waals surface area contributed by atoms with E-state index in [1.54, 1.807) is 17.3 Å². The van der Waals surface area contributed by atoms with E-state index in [-0.39, 0.29) is 12.1 Å². The van der Waals surface area contributed by atoms with E-state index in [0.717, 1.165) is 5.70 Å². The minimum Gasteiger partial charge on any atom is -0.443 e. The van der Waals surface area contributed by atoms with Crippen molar-refractivity contribution in [2.75, 3.05) is 0 Å². The van der Waals surface area contributed by atoms with E-state index in [9.17, 15) is 9.90 Å². The van der Waals surface area contributed by atoms with Crippen molar-refractivity contribution < 1.29 is 14.6 Å². The zero-order valence-electron chi connectivity index (χ0n) is 15.3. The van der Waals surface area contributed by atoms with E-state index in [0.29, 0.717) is 24.2 Å². The highest BCUT2D eigenvalue weighted by atomic mass is 16.6. The number of aryl methyl sites for hydroxylation is 1. The van der Waals surface area contributed by atoms with Gasteiger partial charge < -0.3 is 9.84 Å². The minimum atomic E-state index is -1.14. The van der Waals surface area contributed by atoms with Crippen LogP contribution in [0.4, 0.5) is 4.79 Å². The summed E-state index contributed by atoms with van der Waals surface area (Å²) in [7, 11) is 0. The van der Waals surface area contributed by atoms with Gasteiger partial charge in [0.25, 0.3) is 0 Å². The van der Waals surface area contributed by atoms with Crippen LogP contribution >= 0.6 is 0 Å². The van der Waals surface area contributed by atoms with Crippen molar-refractivity contribution in [3.05, 3.63) is 35.6 Å². The normalized spacial score (nSPS) is 26.5. The van der Waals surface area contributed by atoms with Crippen LogP contribution < -0.4 is 0 Å². The number of aliphatic hydroxyl groups is 1. The van der Waals surface area contributed by atoms with Crippen LogP contribution in [0.15, 0.2) is 24.2 Å². The summed E-state index contributed by atoms with van der Waals surface area (Å²) in [6.07, 6.45) is 5.32. The molecule has 2 rings (SSSR count). The maximum absolute atomic E-state index is 12.6. The highest BCUT2D eigenvalue weighted by molar-refractivity contribution is 5.71. The van der Waals surface area contributed by atoms with Crippen molar-refractivity contribution >= 4 is 6.09 Å². The molecule has 0 spiro atoms. The Bertz CT molecular complexity index is 651. The molecule has 1 N–H and O–H groups in total. The molecule has 1 aliphatic rings. The van der Waals surface area contributed by atoms with Gasteiger partial charge in [0.05, 0.1) is 11.4 Å². The number of amides is 1. The van der Waals surface area contributed by atoms with E-state index in [1.807, 2.05) is 47.6 Å².